The van der Waals surface area contributed by atoms with Gasteiger partial charge in [0.25, 0.3) is 0 Å². The highest BCUT2D eigenvalue weighted by molar-refractivity contribution is 7.90. The van der Waals surface area contributed by atoms with Crippen LogP contribution in [-0.2, 0) is 20.0 Å². The number of rotatable bonds is 12. The molecule has 0 atom stereocenters. The third-order valence-corrected chi connectivity index (χ3v) is 7.22. The first-order valence-electron chi connectivity index (χ1n) is 9.12. The van der Waals surface area contributed by atoms with Gasteiger partial charge >= 0.3 is 0 Å². The van der Waals surface area contributed by atoms with Gasteiger partial charge in [0.2, 0.25) is 20.0 Å². The van der Waals surface area contributed by atoms with Gasteiger partial charge in [-0.3, -0.25) is 0 Å². The molecule has 31 heavy (non-hydrogen) atoms. The van der Waals surface area contributed by atoms with E-state index in [9.17, 15) is 16.8 Å². The van der Waals surface area contributed by atoms with Crippen LogP contribution < -0.4 is 28.4 Å². The lowest BCUT2D eigenvalue weighted by Crippen LogP contribution is -2.30. The second kappa shape index (κ2) is 10.7. The molecule has 0 amide bonds. The van der Waals surface area contributed by atoms with Gasteiger partial charge < -0.3 is 18.9 Å². The Hall–Kier alpha value is -2.54. The second-order valence-electron chi connectivity index (χ2n) is 6.18. The van der Waals surface area contributed by atoms with Crippen molar-refractivity contribution in [3.05, 3.63) is 36.4 Å². The lowest BCUT2D eigenvalue weighted by Gasteiger charge is -2.13. The van der Waals surface area contributed by atoms with E-state index in [0.29, 0.717) is 11.5 Å². The number of sulfonamides is 2. The molecular weight excluding hydrogens is 448 g/mol. The Kier molecular flexibility index (Phi) is 8.51. The molecule has 0 fully saturated rings. The molecule has 2 aromatic carbocycles. The van der Waals surface area contributed by atoms with Crippen LogP contribution in [0.15, 0.2) is 46.2 Å². The molecule has 2 rings (SSSR count). The molecule has 0 unspecified atom stereocenters. The van der Waals surface area contributed by atoms with Crippen molar-refractivity contribution in [2.24, 2.45) is 0 Å². The van der Waals surface area contributed by atoms with Gasteiger partial charge in [-0.25, -0.2) is 26.3 Å². The smallest absolute Gasteiger partial charge is 0.244 e. The van der Waals surface area contributed by atoms with Crippen LogP contribution in [0.5, 0.6) is 23.0 Å². The molecular formula is C19H26N2O8S2. The van der Waals surface area contributed by atoms with E-state index in [1.165, 1.54) is 52.7 Å². The predicted molar refractivity (Wildman–Crippen MR) is 114 cm³/mol. The van der Waals surface area contributed by atoms with Crippen LogP contribution in [0.4, 0.5) is 0 Å². The molecule has 0 spiro atoms. The fourth-order valence-corrected chi connectivity index (χ4v) is 5.16. The maximum atomic E-state index is 12.6. The molecule has 0 heterocycles. The molecule has 0 bridgehead atoms. The first-order valence-corrected chi connectivity index (χ1v) is 12.1. The lowest BCUT2D eigenvalue weighted by molar-refractivity contribution is 0.392. The minimum atomic E-state index is -3.89. The van der Waals surface area contributed by atoms with Gasteiger partial charge in [0, 0.05) is 25.2 Å². The number of hydrogen-bond acceptors (Lipinski definition) is 8. The molecule has 0 aliphatic heterocycles. The highest BCUT2D eigenvalue weighted by atomic mass is 32.2. The molecule has 12 heteroatoms. The third-order valence-electron chi connectivity index (χ3n) is 4.26. The van der Waals surface area contributed by atoms with Crippen LogP contribution in [0.25, 0.3) is 0 Å². The summed E-state index contributed by atoms with van der Waals surface area (Å²) < 4.78 is 75.6. The largest absolute Gasteiger partial charge is 0.497 e. The Labute approximate surface area is 182 Å². The summed E-state index contributed by atoms with van der Waals surface area (Å²) in [5, 5.41) is 0. The lowest BCUT2D eigenvalue weighted by atomic mass is 10.3. The van der Waals surface area contributed by atoms with E-state index in [4.69, 9.17) is 18.9 Å². The van der Waals surface area contributed by atoms with Gasteiger partial charge in [0.1, 0.15) is 32.8 Å². The van der Waals surface area contributed by atoms with Gasteiger partial charge in [-0.2, -0.15) is 0 Å². The fourth-order valence-electron chi connectivity index (χ4n) is 2.64. The summed E-state index contributed by atoms with van der Waals surface area (Å²) in [5.41, 5.74) is 0. The van der Waals surface area contributed by atoms with Crippen LogP contribution in [0, 0.1) is 0 Å². The van der Waals surface area contributed by atoms with Gasteiger partial charge in [0.05, 0.1) is 28.4 Å². The topological polar surface area (TPSA) is 129 Å². The van der Waals surface area contributed by atoms with Crippen molar-refractivity contribution in [1.82, 2.24) is 9.44 Å². The Balaban J connectivity index is 2.01. The van der Waals surface area contributed by atoms with Crippen LogP contribution in [0.1, 0.15) is 6.42 Å². The maximum Gasteiger partial charge on any atom is 0.244 e. The summed E-state index contributed by atoms with van der Waals surface area (Å²) in [6.45, 7) is 0.000919. The normalized spacial score (nSPS) is 11.7. The minimum Gasteiger partial charge on any atom is -0.497 e. The fraction of sp³-hybridized carbons (Fsp3) is 0.368. The van der Waals surface area contributed by atoms with E-state index in [1.54, 1.807) is 12.1 Å². The van der Waals surface area contributed by atoms with Crippen LogP contribution >= 0.6 is 0 Å². The van der Waals surface area contributed by atoms with E-state index < -0.39 is 20.0 Å². The van der Waals surface area contributed by atoms with Crippen molar-refractivity contribution in [2.45, 2.75) is 16.2 Å². The van der Waals surface area contributed by atoms with Crippen molar-refractivity contribution < 1.29 is 35.8 Å². The first kappa shape index (κ1) is 24.7. The predicted octanol–water partition coefficient (Wildman–Crippen LogP) is 1.37. The summed E-state index contributed by atoms with van der Waals surface area (Å²) in [7, 11) is -2.21. The summed E-state index contributed by atoms with van der Waals surface area (Å²) in [6, 6.07) is 8.84. The Morgan fingerprint density at radius 2 is 1.03 bits per heavy atom. The molecule has 0 saturated heterocycles. The molecule has 0 radical (unpaired) electrons. The van der Waals surface area contributed by atoms with E-state index in [-0.39, 0.29) is 40.8 Å². The summed E-state index contributed by atoms with van der Waals surface area (Å²) in [5.74, 6) is 1.06. The average molecular weight is 475 g/mol. The summed E-state index contributed by atoms with van der Waals surface area (Å²) in [6.07, 6.45) is 0.205. The Morgan fingerprint density at radius 3 is 1.35 bits per heavy atom. The molecule has 0 aromatic heterocycles. The Morgan fingerprint density at radius 1 is 0.645 bits per heavy atom. The zero-order valence-electron chi connectivity index (χ0n) is 17.7. The van der Waals surface area contributed by atoms with Crippen LogP contribution in [0.3, 0.4) is 0 Å². The Bertz CT molecular complexity index is 1010. The monoisotopic (exact) mass is 474 g/mol. The number of methoxy groups -OCH3 is 4. The van der Waals surface area contributed by atoms with Crippen molar-refractivity contribution in [3.63, 3.8) is 0 Å². The van der Waals surface area contributed by atoms with E-state index in [0.717, 1.165) is 0 Å². The van der Waals surface area contributed by atoms with Crippen molar-refractivity contribution in [2.75, 3.05) is 41.5 Å². The van der Waals surface area contributed by atoms with Crippen molar-refractivity contribution >= 4 is 20.0 Å². The molecule has 0 saturated carbocycles. The average Bonchev–Trinajstić information content (AvgIpc) is 2.77. The first-order chi connectivity index (χ1) is 14.7. The molecule has 172 valence electrons. The third kappa shape index (κ3) is 6.23. The number of ether oxygens (including phenoxy) is 4. The summed E-state index contributed by atoms with van der Waals surface area (Å²) in [4.78, 5) is -0.146. The quantitative estimate of drug-likeness (QED) is 0.441. The van der Waals surface area contributed by atoms with E-state index >= 15 is 0 Å². The minimum absolute atomic E-state index is 0.000459. The second-order valence-corrected chi connectivity index (χ2v) is 9.65. The molecule has 10 nitrogen and oxygen atoms in total. The highest BCUT2D eigenvalue weighted by Crippen LogP contribution is 2.29. The van der Waals surface area contributed by atoms with Gasteiger partial charge in [-0.05, 0) is 30.7 Å². The SMILES string of the molecule is COc1ccc(OC)c(S(=O)(=O)NCCCNS(=O)(=O)c2cc(OC)ccc2OC)c1. The number of nitrogens with one attached hydrogen (secondary N) is 2. The zero-order chi connectivity index (χ0) is 23.1. The number of hydrogen-bond donors (Lipinski definition) is 2. The van der Waals surface area contributed by atoms with Gasteiger partial charge in [-0.15, -0.1) is 0 Å². The maximum absolute atomic E-state index is 12.6. The molecule has 2 N–H and O–H groups in total. The molecule has 2 aromatic rings. The molecule has 0 aliphatic rings. The highest BCUT2D eigenvalue weighted by Gasteiger charge is 2.22. The van der Waals surface area contributed by atoms with Crippen molar-refractivity contribution in [1.29, 1.82) is 0 Å². The zero-order valence-corrected chi connectivity index (χ0v) is 19.3. The van der Waals surface area contributed by atoms with Crippen molar-refractivity contribution in [3.8, 4) is 23.0 Å². The van der Waals surface area contributed by atoms with E-state index in [2.05, 4.69) is 9.44 Å². The standard InChI is InChI=1S/C19H26N2O8S2/c1-26-14-6-8-16(28-3)18(12-14)30(22,23)20-10-5-11-21-31(24,25)19-13-15(27-2)7-9-17(19)29-4/h6-9,12-13,20-21H,5,10-11H2,1-4H3. The molecule has 0 aliphatic carbocycles. The van der Waals surface area contributed by atoms with Gasteiger partial charge in [-0.1, -0.05) is 0 Å². The van der Waals surface area contributed by atoms with Gasteiger partial charge in [0.15, 0.2) is 0 Å². The number of benzene rings is 2. The van der Waals surface area contributed by atoms with Crippen LogP contribution in [-0.4, -0.2) is 58.4 Å². The van der Waals surface area contributed by atoms with E-state index in [1.807, 2.05) is 0 Å². The summed E-state index contributed by atoms with van der Waals surface area (Å²) >= 11 is 0. The van der Waals surface area contributed by atoms with Crippen LogP contribution in [0.2, 0.25) is 0 Å².